The van der Waals surface area contributed by atoms with E-state index < -0.39 is 0 Å². The van der Waals surface area contributed by atoms with Gasteiger partial charge in [-0.15, -0.1) is 0 Å². The summed E-state index contributed by atoms with van der Waals surface area (Å²) in [4.78, 5) is 15.3. The molecule has 1 heterocycles. The highest BCUT2D eigenvalue weighted by molar-refractivity contribution is 5.74. The highest BCUT2D eigenvalue weighted by atomic mass is 16.2. The molecule has 1 saturated heterocycles. The highest BCUT2D eigenvalue weighted by Crippen LogP contribution is 2.48. The van der Waals surface area contributed by atoms with Crippen LogP contribution in [0.25, 0.3) is 0 Å². The van der Waals surface area contributed by atoms with Gasteiger partial charge in [0.25, 0.3) is 0 Å². The van der Waals surface area contributed by atoms with Crippen LogP contribution in [0.2, 0.25) is 0 Å². The average Bonchev–Trinajstić information content (AvgIpc) is 2.71. The SMILES string of the molecule is CN(C)C(=O)N1C[C@@H]2C[C@@](C)(C#N)C[C@@H]2C1. The molecule has 1 aliphatic heterocycles. The Hall–Kier alpha value is -1.24. The van der Waals surface area contributed by atoms with Gasteiger partial charge in [0.05, 0.1) is 11.5 Å². The van der Waals surface area contributed by atoms with E-state index in [1.807, 2.05) is 11.8 Å². The first-order valence-electron chi connectivity index (χ1n) is 5.83. The van der Waals surface area contributed by atoms with Crippen molar-refractivity contribution in [2.24, 2.45) is 17.3 Å². The molecule has 2 aliphatic rings. The summed E-state index contributed by atoms with van der Waals surface area (Å²) in [5.41, 5.74) is -0.150. The second kappa shape index (κ2) is 3.65. The van der Waals surface area contributed by atoms with Gasteiger partial charge in [0.2, 0.25) is 0 Å². The average molecular weight is 221 g/mol. The van der Waals surface area contributed by atoms with Crippen LogP contribution >= 0.6 is 0 Å². The Bertz CT molecular complexity index is 331. The lowest BCUT2D eigenvalue weighted by molar-refractivity contribution is 0.176. The van der Waals surface area contributed by atoms with Gasteiger partial charge in [-0.25, -0.2) is 4.79 Å². The molecule has 0 spiro atoms. The summed E-state index contributed by atoms with van der Waals surface area (Å²) in [6.45, 7) is 3.71. The van der Waals surface area contributed by atoms with E-state index in [0.29, 0.717) is 11.8 Å². The van der Waals surface area contributed by atoms with Crippen molar-refractivity contribution >= 4 is 6.03 Å². The van der Waals surface area contributed by atoms with Crippen LogP contribution in [-0.4, -0.2) is 43.0 Å². The molecule has 1 aliphatic carbocycles. The molecule has 0 radical (unpaired) electrons. The summed E-state index contributed by atoms with van der Waals surface area (Å²) in [7, 11) is 3.58. The summed E-state index contributed by atoms with van der Waals surface area (Å²) < 4.78 is 0. The Kier molecular flexibility index (Phi) is 2.57. The molecule has 0 aromatic heterocycles. The van der Waals surface area contributed by atoms with Gasteiger partial charge >= 0.3 is 6.03 Å². The topological polar surface area (TPSA) is 47.3 Å². The van der Waals surface area contributed by atoms with Crippen LogP contribution in [0.1, 0.15) is 19.8 Å². The van der Waals surface area contributed by atoms with Gasteiger partial charge in [-0.3, -0.25) is 0 Å². The van der Waals surface area contributed by atoms with E-state index in [2.05, 4.69) is 6.07 Å². The molecule has 0 aromatic rings. The summed E-state index contributed by atoms with van der Waals surface area (Å²) >= 11 is 0. The van der Waals surface area contributed by atoms with Crippen LogP contribution in [0.15, 0.2) is 0 Å². The van der Waals surface area contributed by atoms with Crippen molar-refractivity contribution in [2.75, 3.05) is 27.2 Å². The van der Waals surface area contributed by atoms with Gasteiger partial charge < -0.3 is 9.80 Å². The Morgan fingerprint density at radius 2 is 1.88 bits per heavy atom. The molecule has 2 rings (SSSR count). The van der Waals surface area contributed by atoms with Gasteiger partial charge in [0, 0.05) is 27.2 Å². The quantitative estimate of drug-likeness (QED) is 0.623. The molecule has 0 unspecified atom stereocenters. The van der Waals surface area contributed by atoms with E-state index in [1.165, 1.54) is 0 Å². The van der Waals surface area contributed by atoms with Crippen molar-refractivity contribution in [2.45, 2.75) is 19.8 Å². The van der Waals surface area contributed by atoms with Crippen molar-refractivity contribution in [3.05, 3.63) is 0 Å². The van der Waals surface area contributed by atoms with Crippen LogP contribution < -0.4 is 0 Å². The molecule has 1 saturated carbocycles. The molecule has 4 heteroatoms. The maximum absolute atomic E-state index is 11.8. The molecule has 0 N–H and O–H groups in total. The summed E-state index contributed by atoms with van der Waals surface area (Å²) in [6.07, 6.45) is 1.90. The predicted molar refractivity (Wildman–Crippen MR) is 60.6 cm³/mol. The van der Waals surface area contributed by atoms with E-state index >= 15 is 0 Å². The molecule has 2 fully saturated rings. The minimum atomic E-state index is -0.150. The molecular weight excluding hydrogens is 202 g/mol. The third-order valence-electron chi connectivity index (χ3n) is 3.92. The fraction of sp³-hybridized carbons (Fsp3) is 0.833. The maximum Gasteiger partial charge on any atom is 0.319 e. The van der Waals surface area contributed by atoms with E-state index in [1.54, 1.807) is 19.0 Å². The largest absolute Gasteiger partial charge is 0.331 e. The Labute approximate surface area is 96.8 Å². The lowest BCUT2D eigenvalue weighted by Gasteiger charge is -2.24. The fourth-order valence-electron chi connectivity index (χ4n) is 3.17. The lowest BCUT2D eigenvalue weighted by atomic mass is 9.89. The number of urea groups is 1. The first-order valence-corrected chi connectivity index (χ1v) is 5.83. The van der Waals surface area contributed by atoms with Crippen LogP contribution in [0, 0.1) is 28.6 Å². The van der Waals surface area contributed by atoms with Crippen molar-refractivity contribution < 1.29 is 4.79 Å². The molecule has 3 atom stereocenters. The number of rotatable bonds is 0. The van der Waals surface area contributed by atoms with Gasteiger partial charge in [-0.1, -0.05) is 0 Å². The summed E-state index contributed by atoms with van der Waals surface area (Å²) in [5.74, 6) is 1.07. The molecule has 88 valence electrons. The highest BCUT2D eigenvalue weighted by Gasteiger charge is 2.48. The summed E-state index contributed by atoms with van der Waals surface area (Å²) in [6, 6.07) is 2.53. The maximum atomic E-state index is 11.8. The second-order valence-corrected chi connectivity index (χ2v) is 5.68. The normalized spacial score (nSPS) is 37.0. The monoisotopic (exact) mass is 221 g/mol. The first kappa shape index (κ1) is 11.3. The van der Waals surface area contributed by atoms with E-state index in [-0.39, 0.29) is 11.4 Å². The molecule has 0 bridgehead atoms. The zero-order valence-electron chi connectivity index (χ0n) is 10.2. The van der Waals surface area contributed by atoms with Crippen molar-refractivity contribution in [1.82, 2.24) is 9.80 Å². The Balaban J connectivity index is 1.99. The third-order valence-corrected chi connectivity index (χ3v) is 3.92. The fourth-order valence-corrected chi connectivity index (χ4v) is 3.17. The number of nitriles is 1. The minimum Gasteiger partial charge on any atom is -0.331 e. The Morgan fingerprint density at radius 3 is 2.25 bits per heavy atom. The second-order valence-electron chi connectivity index (χ2n) is 5.68. The zero-order chi connectivity index (χ0) is 11.9. The van der Waals surface area contributed by atoms with E-state index in [4.69, 9.17) is 5.26 Å². The molecule has 2 amide bonds. The molecule has 0 aromatic carbocycles. The number of likely N-dealkylation sites (tertiary alicyclic amines) is 1. The molecule has 4 nitrogen and oxygen atoms in total. The number of hydrogen-bond donors (Lipinski definition) is 0. The van der Waals surface area contributed by atoms with Crippen LogP contribution in [-0.2, 0) is 0 Å². The first-order chi connectivity index (χ1) is 7.45. The number of nitrogens with zero attached hydrogens (tertiary/aromatic N) is 3. The number of carbonyl (C=O) groups excluding carboxylic acids is 1. The standard InChI is InChI=1S/C12H19N3O/c1-12(8-13)4-9-6-15(7-10(9)5-12)11(16)14(2)3/h9-10H,4-7H2,1-3H3/t9-,10+,12+. The van der Waals surface area contributed by atoms with Gasteiger partial charge in [0.15, 0.2) is 0 Å². The smallest absolute Gasteiger partial charge is 0.319 e. The van der Waals surface area contributed by atoms with Crippen LogP contribution in [0.4, 0.5) is 4.79 Å². The van der Waals surface area contributed by atoms with Crippen molar-refractivity contribution in [3.8, 4) is 6.07 Å². The molecule has 16 heavy (non-hydrogen) atoms. The molecular formula is C12H19N3O. The van der Waals surface area contributed by atoms with E-state index in [9.17, 15) is 4.79 Å². The van der Waals surface area contributed by atoms with Gasteiger partial charge in [0.1, 0.15) is 0 Å². The van der Waals surface area contributed by atoms with Crippen molar-refractivity contribution in [1.29, 1.82) is 5.26 Å². The van der Waals surface area contributed by atoms with Crippen molar-refractivity contribution in [3.63, 3.8) is 0 Å². The minimum absolute atomic E-state index is 0.105. The number of hydrogen-bond acceptors (Lipinski definition) is 2. The zero-order valence-corrected chi connectivity index (χ0v) is 10.2. The van der Waals surface area contributed by atoms with Crippen LogP contribution in [0.5, 0.6) is 0 Å². The van der Waals surface area contributed by atoms with Gasteiger partial charge in [-0.2, -0.15) is 5.26 Å². The third kappa shape index (κ3) is 1.75. The number of fused-ring (bicyclic) bond motifs is 1. The Morgan fingerprint density at radius 1 is 1.38 bits per heavy atom. The van der Waals surface area contributed by atoms with Crippen LogP contribution in [0.3, 0.4) is 0 Å². The number of carbonyl (C=O) groups is 1. The summed E-state index contributed by atoms with van der Waals surface area (Å²) in [5, 5.41) is 9.10. The number of amides is 2. The van der Waals surface area contributed by atoms with E-state index in [0.717, 1.165) is 25.9 Å². The predicted octanol–water partition coefficient (Wildman–Crippen LogP) is 1.54. The lowest BCUT2D eigenvalue weighted by Crippen LogP contribution is -2.38. The van der Waals surface area contributed by atoms with Gasteiger partial charge in [-0.05, 0) is 31.6 Å².